The fourth-order valence-corrected chi connectivity index (χ4v) is 3.17. The van der Waals surface area contributed by atoms with Crippen LogP contribution in [0.3, 0.4) is 0 Å². The summed E-state index contributed by atoms with van der Waals surface area (Å²) in [5, 5.41) is 11.6. The van der Waals surface area contributed by atoms with Crippen molar-refractivity contribution in [2.75, 3.05) is 0 Å². The average molecular weight is 367 g/mol. The largest absolute Gasteiger partial charge is 0.513 e. The highest BCUT2D eigenvalue weighted by atomic mass is 16.4. The van der Waals surface area contributed by atoms with Gasteiger partial charge in [0.05, 0.1) is 5.76 Å². The van der Waals surface area contributed by atoms with E-state index in [9.17, 15) is 5.11 Å². The summed E-state index contributed by atoms with van der Waals surface area (Å²) < 4.78 is 5.90. The van der Waals surface area contributed by atoms with Crippen molar-refractivity contribution in [1.29, 1.82) is 0 Å². The molecule has 0 spiro atoms. The molecule has 0 aliphatic heterocycles. The summed E-state index contributed by atoms with van der Waals surface area (Å²) in [6.07, 6.45) is 4.44. The Hall–Kier alpha value is -3.59. The van der Waals surface area contributed by atoms with Gasteiger partial charge in [-0.25, -0.2) is 4.98 Å². The second-order valence-electron chi connectivity index (χ2n) is 6.84. The lowest BCUT2D eigenvalue weighted by molar-refractivity contribution is 0.401. The fourth-order valence-electron chi connectivity index (χ4n) is 3.17. The molecule has 0 unspecified atom stereocenters. The van der Waals surface area contributed by atoms with E-state index >= 15 is 0 Å². The van der Waals surface area contributed by atoms with Crippen molar-refractivity contribution < 1.29 is 9.52 Å². The third-order valence-corrected chi connectivity index (χ3v) is 4.65. The van der Waals surface area contributed by atoms with E-state index < -0.39 is 0 Å². The molecular formula is C25H21NO2. The Labute approximate surface area is 164 Å². The molecule has 3 nitrogen and oxygen atoms in total. The summed E-state index contributed by atoms with van der Waals surface area (Å²) in [7, 11) is 0. The number of nitrogens with zero attached hydrogens (tertiary/aromatic N) is 1. The molecule has 0 atom stereocenters. The summed E-state index contributed by atoms with van der Waals surface area (Å²) in [6, 6.07) is 22.5. The monoisotopic (exact) mass is 367 g/mol. The highest BCUT2D eigenvalue weighted by Crippen LogP contribution is 2.26. The van der Waals surface area contributed by atoms with Gasteiger partial charge in [-0.15, -0.1) is 0 Å². The van der Waals surface area contributed by atoms with Gasteiger partial charge in [-0.3, -0.25) is 0 Å². The first-order valence-electron chi connectivity index (χ1n) is 9.19. The van der Waals surface area contributed by atoms with Crippen molar-refractivity contribution in [3.63, 3.8) is 0 Å². The summed E-state index contributed by atoms with van der Waals surface area (Å²) >= 11 is 0. The molecule has 1 heterocycles. The lowest BCUT2D eigenvalue weighted by Gasteiger charge is -2.00. The van der Waals surface area contributed by atoms with Crippen molar-refractivity contribution in [1.82, 2.24) is 4.98 Å². The Balaban J connectivity index is 1.57. The van der Waals surface area contributed by atoms with E-state index in [2.05, 4.69) is 35.8 Å². The number of oxazole rings is 1. The molecule has 3 aromatic carbocycles. The first-order valence-corrected chi connectivity index (χ1v) is 9.19. The van der Waals surface area contributed by atoms with Crippen LogP contribution in [0.4, 0.5) is 0 Å². The smallest absolute Gasteiger partial charge is 0.226 e. The zero-order valence-corrected chi connectivity index (χ0v) is 15.7. The average Bonchev–Trinajstić information content (AvgIpc) is 3.07. The van der Waals surface area contributed by atoms with E-state index in [-0.39, 0.29) is 5.76 Å². The Kier molecular flexibility index (Phi) is 4.81. The molecule has 28 heavy (non-hydrogen) atoms. The molecule has 1 aromatic heterocycles. The Morgan fingerprint density at radius 2 is 1.75 bits per heavy atom. The van der Waals surface area contributed by atoms with Crippen LogP contribution in [-0.4, -0.2) is 10.1 Å². The maximum Gasteiger partial charge on any atom is 0.226 e. The zero-order chi connectivity index (χ0) is 19.5. The van der Waals surface area contributed by atoms with Gasteiger partial charge in [0.25, 0.3) is 0 Å². The van der Waals surface area contributed by atoms with Gasteiger partial charge >= 0.3 is 0 Å². The predicted octanol–water partition coefficient (Wildman–Crippen LogP) is 6.59. The van der Waals surface area contributed by atoms with Gasteiger partial charge < -0.3 is 9.52 Å². The number of aliphatic hydroxyl groups excluding tert-OH is 1. The van der Waals surface area contributed by atoms with Crippen molar-refractivity contribution in [3.05, 3.63) is 102 Å². The number of aryl methyl sites for hydroxylation is 1. The lowest BCUT2D eigenvalue weighted by atomic mass is 10.1. The number of rotatable bonds is 5. The third kappa shape index (κ3) is 3.89. The van der Waals surface area contributed by atoms with Crippen molar-refractivity contribution >= 4 is 22.9 Å². The van der Waals surface area contributed by atoms with Crippen LogP contribution in [-0.2, 0) is 6.42 Å². The molecule has 4 aromatic rings. The van der Waals surface area contributed by atoms with Gasteiger partial charge in [0.1, 0.15) is 11.5 Å². The molecule has 0 amide bonds. The molecule has 0 aliphatic rings. The second-order valence-corrected chi connectivity index (χ2v) is 6.84. The normalized spacial score (nSPS) is 11.3. The van der Waals surface area contributed by atoms with Crippen molar-refractivity contribution in [2.24, 2.45) is 0 Å². The van der Waals surface area contributed by atoms with Crippen LogP contribution in [0.15, 0.2) is 83.5 Å². The fraction of sp³-hybridized carbons (Fsp3) is 0.0800. The van der Waals surface area contributed by atoms with Crippen LogP contribution in [0.1, 0.15) is 22.6 Å². The number of fused-ring (bicyclic) bond motifs is 1. The van der Waals surface area contributed by atoms with Gasteiger partial charge in [0.2, 0.25) is 5.89 Å². The minimum atomic E-state index is 0.169. The van der Waals surface area contributed by atoms with Crippen LogP contribution < -0.4 is 0 Å². The molecular weight excluding hydrogens is 346 g/mol. The SMILES string of the molecule is C=C(O)Cc1ccc(/C=C/c2nc(-c3ccc4ccccc4c3)oc2C)cc1. The molecule has 3 heteroatoms. The maximum atomic E-state index is 9.29. The summed E-state index contributed by atoms with van der Waals surface area (Å²) in [6.45, 7) is 5.45. The summed E-state index contributed by atoms with van der Waals surface area (Å²) in [4.78, 5) is 4.66. The van der Waals surface area contributed by atoms with Gasteiger partial charge in [-0.1, -0.05) is 67.3 Å². The molecule has 0 fully saturated rings. The standard InChI is InChI=1S/C25H21NO2/c1-17(27)15-20-9-7-19(8-10-20)11-14-24-18(2)28-25(26-24)23-13-12-21-5-3-4-6-22(21)16-23/h3-14,16,27H,1,15H2,2H3/b14-11+. The number of hydrogen-bond donors (Lipinski definition) is 1. The second kappa shape index (κ2) is 7.57. The van der Waals surface area contributed by atoms with Crippen LogP contribution in [0, 0.1) is 6.92 Å². The van der Waals surface area contributed by atoms with Crippen molar-refractivity contribution in [3.8, 4) is 11.5 Å². The first-order chi connectivity index (χ1) is 13.6. The van der Waals surface area contributed by atoms with Gasteiger partial charge in [-0.2, -0.15) is 0 Å². The minimum absolute atomic E-state index is 0.169. The van der Waals surface area contributed by atoms with E-state index in [1.807, 2.05) is 61.5 Å². The zero-order valence-electron chi connectivity index (χ0n) is 15.7. The number of aromatic nitrogens is 1. The molecule has 1 N–H and O–H groups in total. The van der Waals surface area contributed by atoms with E-state index in [1.54, 1.807) is 0 Å². The predicted molar refractivity (Wildman–Crippen MR) is 115 cm³/mol. The lowest BCUT2D eigenvalue weighted by Crippen LogP contribution is -1.87. The van der Waals surface area contributed by atoms with Gasteiger partial charge in [0.15, 0.2) is 0 Å². The molecule has 4 rings (SSSR count). The van der Waals surface area contributed by atoms with E-state index in [0.717, 1.165) is 28.1 Å². The minimum Gasteiger partial charge on any atom is -0.513 e. The first kappa shape index (κ1) is 17.8. The van der Waals surface area contributed by atoms with Gasteiger partial charge in [-0.05, 0) is 47.0 Å². The van der Waals surface area contributed by atoms with Crippen LogP contribution in [0.25, 0.3) is 34.4 Å². The van der Waals surface area contributed by atoms with Gasteiger partial charge in [0, 0.05) is 12.0 Å². The number of allylic oxidation sites excluding steroid dienone is 1. The molecule has 0 aliphatic carbocycles. The van der Waals surface area contributed by atoms with Crippen LogP contribution >= 0.6 is 0 Å². The summed E-state index contributed by atoms with van der Waals surface area (Å²) in [5.74, 6) is 1.58. The third-order valence-electron chi connectivity index (χ3n) is 4.65. The van der Waals surface area contributed by atoms with Crippen LogP contribution in [0.5, 0.6) is 0 Å². The van der Waals surface area contributed by atoms with Crippen LogP contribution in [0.2, 0.25) is 0 Å². The Bertz CT molecular complexity index is 1170. The molecule has 0 radical (unpaired) electrons. The molecule has 138 valence electrons. The maximum absolute atomic E-state index is 9.29. The number of benzene rings is 3. The molecule has 0 bridgehead atoms. The molecule has 0 saturated heterocycles. The Morgan fingerprint density at radius 1 is 1.00 bits per heavy atom. The quantitative estimate of drug-likeness (QED) is 0.405. The molecule has 0 saturated carbocycles. The van der Waals surface area contributed by atoms with E-state index in [4.69, 9.17) is 4.42 Å². The highest BCUT2D eigenvalue weighted by Gasteiger charge is 2.10. The number of hydrogen-bond acceptors (Lipinski definition) is 3. The van der Waals surface area contributed by atoms with E-state index in [1.165, 1.54) is 10.8 Å². The Morgan fingerprint density at radius 3 is 2.50 bits per heavy atom. The topological polar surface area (TPSA) is 46.3 Å². The highest BCUT2D eigenvalue weighted by molar-refractivity contribution is 5.86. The summed E-state index contributed by atoms with van der Waals surface area (Å²) in [5.41, 5.74) is 3.87. The number of aliphatic hydroxyl groups is 1. The van der Waals surface area contributed by atoms with Crippen molar-refractivity contribution in [2.45, 2.75) is 13.3 Å². The van der Waals surface area contributed by atoms with E-state index in [0.29, 0.717) is 12.3 Å².